The molecule has 0 aliphatic rings. The molecule has 10 heteroatoms. The van der Waals surface area contributed by atoms with E-state index >= 15 is 0 Å². The number of amides is 1. The molecule has 3 rings (SSSR count). The number of methoxy groups -OCH3 is 2. The highest BCUT2D eigenvalue weighted by Gasteiger charge is 2.28. The van der Waals surface area contributed by atoms with E-state index in [2.05, 4.69) is 5.32 Å². The Bertz CT molecular complexity index is 1250. The summed E-state index contributed by atoms with van der Waals surface area (Å²) in [4.78, 5) is 12.6. The molecule has 0 atom stereocenters. The van der Waals surface area contributed by atoms with Crippen LogP contribution in [0.15, 0.2) is 71.6 Å². The zero-order valence-electron chi connectivity index (χ0n) is 18.6. The van der Waals surface area contributed by atoms with Gasteiger partial charge in [-0.05, 0) is 36.2 Å². The Morgan fingerprint density at radius 2 is 1.65 bits per heavy atom. The fourth-order valence-electron chi connectivity index (χ4n) is 3.25. The van der Waals surface area contributed by atoms with Crippen LogP contribution in [0.25, 0.3) is 0 Å². The topological polar surface area (TPSA) is 84.9 Å². The number of nitrogens with zero attached hydrogens (tertiary/aromatic N) is 1. The average molecular weight is 491 g/mol. The second-order valence-corrected chi connectivity index (χ2v) is 9.20. The van der Waals surface area contributed by atoms with Crippen LogP contribution in [0.4, 0.5) is 14.5 Å². The first-order chi connectivity index (χ1) is 16.2. The van der Waals surface area contributed by atoms with Crippen molar-refractivity contribution in [3.05, 3.63) is 83.9 Å². The van der Waals surface area contributed by atoms with Gasteiger partial charge in [0.15, 0.2) is 11.5 Å². The Morgan fingerprint density at radius 3 is 2.29 bits per heavy atom. The van der Waals surface area contributed by atoms with Crippen molar-refractivity contribution >= 4 is 21.6 Å². The number of anilines is 1. The Hall–Kier alpha value is -3.50. The molecule has 0 spiro atoms. The minimum absolute atomic E-state index is 0.0139. The molecule has 7 nitrogen and oxygen atoms in total. The lowest BCUT2D eigenvalue weighted by Gasteiger charge is -2.22. The van der Waals surface area contributed by atoms with Gasteiger partial charge in [-0.15, -0.1) is 0 Å². The Balaban J connectivity index is 1.88. The van der Waals surface area contributed by atoms with Crippen molar-refractivity contribution in [3.63, 3.8) is 0 Å². The summed E-state index contributed by atoms with van der Waals surface area (Å²) in [6, 6.07) is 16.0. The molecule has 3 aromatic rings. The van der Waals surface area contributed by atoms with Gasteiger partial charge in [-0.2, -0.15) is 4.31 Å². The van der Waals surface area contributed by atoms with Gasteiger partial charge < -0.3 is 14.8 Å². The molecule has 0 aliphatic heterocycles. The summed E-state index contributed by atoms with van der Waals surface area (Å²) in [7, 11) is -1.34. The number of carbonyl (C=O) groups excluding carboxylic acids is 1. The zero-order valence-corrected chi connectivity index (χ0v) is 19.4. The van der Waals surface area contributed by atoms with Crippen molar-refractivity contribution in [2.45, 2.75) is 11.3 Å². The van der Waals surface area contributed by atoms with Crippen molar-refractivity contribution in [1.29, 1.82) is 0 Å². The Labute approximate surface area is 197 Å². The molecular formula is C24H24F2N2O5S. The molecule has 1 N–H and O–H groups in total. The molecule has 0 aliphatic carbocycles. The Kier molecular flexibility index (Phi) is 8.19. The zero-order chi connectivity index (χ0) is 24.7. The smallest absolute Gasteiger partial charge is 0.243 e. The molecule has 0 heterocycles. The third kappa shape index (κ3) is 6.09. The highest BCUT2D eigenvalue weighted by atomic mass is 32.2. The minimum atomic E-state index is -4.15. The molecular weight excluding hydrogens is 466 g/mol. The third-order valence-electron chi connectivity index (χ3n) is 5.01. The number of ether oxygens (including phenoxy) is 2. The van der Waals surface area contributed by atoms with Crippen LogP contribution in [0.1, 0.15) is 5.56 Å². The number of hydrogen-bond acceptors (Lipinski definition) is 5. The van der Waals surface area contributed by atoms with E-state index in [-0.39, 0.29) is 22.9 Å². The number of hydrogen-bond donors (Lipinski definition) is 1. The van der Waals surface area contributed by atoms with Crippen LogP contribution in [0, 0.1) is 11.6 Å². The van der Waals surface area contributed by atoms with Gasteiger partial charge in [-0.1, -0.05) is 30.3 Å². The van der Waals surface area contributed by atoms with Gasteiger partial charge in [0.05, 0.1) is 31.3 Å². The van der Waals surface area contributed by atoms with Gasteiger partial charge in [-0.25, -0.2) is 17.2 Å². The number of halogens is 2. The van der Waals surface area contributed by atoms with E-state index in [0.717, 1.165) is 22.0 Å². The molecule has 0 aromatic heterocycles. The van der Waals surface area contributed by atoms with Crippen LogP contribution < -0.4 is 14.8 Å². The molecule has 34 heavy (non-hydrogen) atoms. The molecule has 0 radical (unpaired) electrons. The van der Waals surface area contributed by atoms with E-state index in [9.17, 15) is 22.0 Å². The fourth-order valence-corrected chi connectivity index (χ4v) is 4.66. The van der Waals surface area contributed by atoms with Crippen molar-refractivity contribution in [2.75, 3.05) is 32.6 Å². The summed E-state index contributed by atoms with van der Waals surface area (Å²) < 4.78 is 65.4. The second kappa shape index (κ2) is 11.1. The van der Waals surface area contributed by atoms with Gasteiger partial charge >= 0.3 is 0 Å². The van der Waals surface area contributed by atoms with Gasteiger partial charge in [0.2, 0.25) is 15.9 Å². The first-order valence-electron chi connectivity index (χ1n) is 10.3. The average Bonchev–Trinajstić information content (AvgIpc) is 2.83. The van der Waals surface area contributed by atoms with Crippen molar-refractivity contribution in [1.82, 2.24) is 4.31 Å². The lowest BCUT2D eigenvalue weighted by Crippen LogP contribution is -2.39. The maximum atomic E-state index is 14.0. The number of nitrogens with one attached hydrogen (secondary N) is 1. The monoisotopic (exact) mass is 490 g/mol. The van der Waals surface area contributed by atoms with Gasteiger partial charge in [-0.3, -0.25) is 4.79 Å². The molecule has 3 aromatic carbocycles. The summed E-state index contributed by atoms with van der Waals surface area (Å²) >= 11 is 0. The van der Waals surface area contributed by atoms with Crippen molar-refractivity contribution in [3.8, 4) is 11.5 Å². The lowest BCUT2D eigenvalue weighted by atomic mass is 10.1. The van der Waals surface area contributed by atoms with Crippen molar-refractivity contribution in [2.24, 2.45) is 0 Å². The third-order valence-corrected chi connectivity index (χ3v) is 6.85. The molecule has 0 unspecified atom stereocenters. The predicted molar refractivity (Wildman–Crippen MR) is 123 cm³/mol. The van der Waals surface area contributed by atoms with E-state index in [1.165, 1.54) is 32.4 Å². The van der Waals surface area contributed by atoms with E-state index in [4.69, 9.17) is 9.47 Å². The van der Waals surface area contributed by atoms with Gasteiger partial charge in [0.1, 0.15) is 11.6 Å². The summed E-state index contributed by atoms with van der Waals surface area (Å²) in [5, 5.41) is 2.30. The summed E-state index contributed by atoms with van der Waals surface area (Å²) in [6.45, 7) is -0.597. The van der Waals surface area contributed by atoms with Gasteiger partial charge in [0, 0.05) is 18.7 Å². The number of carbonyl (C=O) groups is 1. The van der Waals surface area contributed by atoms with Gasteiger partial charge in [0.25, 0.3) is 0 Å². The van der Waals surface area contributed by atoms with E-state index < -0.39 is 34.1 Å². The molecule has 0 fully saturated rings. The van der Waals surface area contributed by atoms with E-state index in [0.29, 0.717) is 18.2 Å². The summed E-state index contributed by atoms with van der Waals surface area (Å²) in [6.07, 6.45) is 0.339. The quantitative estimate of drug-likeness (QED) is 0.467. The minimum Gasteiger partial charge on any atom is -0.493 e. The Morgan fingerprint density at radius 1 is 0.941 bits per heavy atom. The van der Waals surface area contributed by atoms with Crippen LogP contribution in [0.5, 0.6) is 11.5 Å². The number of rotatable bonds is 10. The normalized spacial score (nSPS) is 11.3. The van der Waals surface area contributed by atoms with Crippen molar-refractivity contribution < 1.29 is 31.5 Å². The summed E-state index contributed by atoms with van der Waals surface area (Å²) in [5.41, 5.74) is 0.623. The summed E-state index contributed by atoms with van der Waals surface area (Å²) in [5.74, 6) is -1.98. The van der Waals surface area contributed by atoms with Crippen LogP contribution in [-0.2, 0) is 21.2 Å². The molecule has 0 saturated carbocycles. The molecule has 0 bridgehead atoms. The standard InChI is InChI=1S/C24H24F2N2O5S/c1-32-22-11-9-19(15-23(22)33-2)34(30,31)28(13-12-17-6-4-3-5-7-17)16-24(29)27-21-10-8-18(25)14-20(21)26/h3-11,14-15H,12-13,16H2,1-2H3,(H,27,29). The fraction of sp³-hybridized carbons (Fsp3) is 0.208. The van der Waals surface area contributed by atoms with Crippen LogP contribution in [0.3, 0.4) is 0 Å². The van der Waals surface area contributed by atoms with E-state index in [1.807, 2.05) is 30.3 Å². The first-order valence-corrected chi connectivity index (χ1v) is 11.7. The lowest BCUT2D eigenvalue weighted by molar-refractivity contribution is -0.116. The number of benzene rings is 3. The molecule has 180 valence electrons. The number of sulfonamides is 1. The van der Waals surface area contributed by atoms with Crippen LogP contribution in [-0.4, -0.2) is 45.9 Å². The SMILES string of the molecule is COc1ccc(S(=O)(=O)N(CCc2ccccc2)CC(=O)Nc2ccc(F)cc2F)cc1OC. The van der Waals surface area contributed by atoms with E-state index in [1.54, 1.807) is 0 Å². The predicted octanol–water partition coefficient (Wildman–Crippen LogP) is 3.85. The first kappa shape index (κ1) is 25.1. The van der Waals surface area contributed by atoms with Crippen LogP contribution >= 0.6 is 0 Å². The maximum absolute atomic E-state index is 14.0. The highest BCUT2D eigenvalue weighted by Crippen LogP contribution is 2.30. The second-order valence-electron chi connectivity index (χ2n) is 7.26. The maximum Gasteiger partial charge on any atom is 0.243 e. The van der Waals surface area contributed by atoms with Crippen LogP contribution in [0.2, 0.25) is 0 Å². The molecule has 1 amide bonds. The molecule has 0 saturated heterocycles. The largest absolute Gasteiger partial charge is 0.493 e. The highest BCUT2D eigenvalue weighted by molar-refractivity contribution is 7.89.